The van der Waals surface area contributed by atoms with Crippen LogP contribution in [0.2, 0.25) is 5.02 Å². The quantitative estimate of drug-likeness (QED) is 0.316. The normalized spacial score (nSPS) is 20.5. The van der Waals surface area contributed by atoms with Crippen molar-refractivity contribution in [3.8, 4) is 0 Å². The second-order valence-corrected chi connectivity index (χ2v) is 11.7. The van der Waals surface area contributed by atoms with E-state index < -0.39 is 11.5 Å². The Morgan fingerprint density at radius 3 is 2.50 bits per heavy atom. The zero-order valence-corrected chi connectivity index (χ0v) is 21.7. The largest absolute Gasteiger partial charge is 0.386 e. The summed E-state index contributed by atoms with van der Waals surface area (Å²) in [6, 6.07) is 4.11. The van der Waals surface area contributed by atoms with Crippen LogP contribution in [0.1, 0.15) is 68.5 Å². The number of nitrogens with one attached hydrogen (secondary N) is 1. The van der Waals surface area contributed by atoms with E-state index in [9.17, 15) is 9.90 Å². The van der Waals surface area contributed by atoms with E-state index in [0.717, 1.165) is 29.7 Å². The summed E-state index contributed by atoms with van der Waals surface area (Å²) in [4.78, 5) is 12.8. The predicted molar refractivity (Wildman–Crippen MR) is 136 cm³/mol. The highest BCUT2D eigenvalue weighted by Crippen LogP contribution is 2.37. The van der Waals surface area contributed by atoms with Crippen LogP contribution in [0.5, 0.6) is 0 Å². The molecule has 1 aliphatic carbocycles. The number of anilines is 1. The SMILES string of the molecule is CC(I)C1CCC(n2cc3cc(NC(=O)c4nn(C)cc4Cl)c(C(C)(C)O)cc3n2)CC1. The highest BCUT2D eigenvalue weighted by Gasteiger charge is 2.27. The van der Waals surface area contributed by atoms with Gasteiger partial charge in [0.25, 0.3) is 5.91 Å². The van der Waals surface area contributed by atoms with Crippen LogP contribution in [0.15, 0.2) is 24.5 Å². The molecule has 0 radical (unpaired) electrons. The Labute approximate surface area is 206 Å². The maximum atomic E-state index is 12.8. The van der Waals surface area contributed by atoms with Crippen LogP contribution < -0.4 is 5.32 Å². The lowest BCUT2D eigenvalue weighted by Gasteiger charge is -2.30. The minimum Gasteiger partial charge on any atom is -0.386 e. The fourth-order valence-electron chi connectivity index (χ4n) is 4.51. The molecule has 2 heterocycles. The van der Waals surface area contributed by atoms with Crippen molar-refractivity contribution < 1.29 is 9.90 Å². The van der Waals surface area contributed by atoms with Gasteiger partial charge in [0.15, 0.2) is 5.69 Å². The number of alkyl halides is 1. The van der Waals surface area contributed by atoms with Gasteiger partial charge in [0.2, 0.25) is 0 Å². The number of nitrogens with zero attached hydrogens (tertiary/aromatic N) is 4. The second-order valence-electron chi connectivity index (χ2n) is 9.32. The van der Waals surface area contributed by atoms with Gasteiger partial charge in [-0.3, -0.25) is 14.2 Å². The standard InChI is InChI=1S/C23H29ClIN5O2/c1-13(25)14-5-7-16(8-6-14)30-11-15-9-20(17(23(2,3)32)10-19(15)27-30)26-22(31)21-18(24)12-29(4)28-21/h9-14,16,32H,5-8H2,1-4H3,(H,26,31). The molecule has 2 N–H and O–H groups in total. The summed E-state index contributed by atoms with van der Waals surface area (Å²) in [5.41, 5.74) is 0.910. The first kappa shape index (κ1) is 23.5. The van der Waals surface area contributed by atoms with Crippen LogP contribution in [-0.2, 0) is 12.6 Å². The molecule has 0 aliphatic heterocycles. The molecule has 0 bridgehead atoms. The summed E-state index contributed by atoms with van der Waals surface area (Å²) >= 11 is 8.67. The van der Waals surface area contributed by atoms with E-state index in [0.29, 0.717) is 21.2 Å². The number of carbonyl (C=O) groups is 1. The number of halogens is 2. The highest BCUT2D eigenvalue weighted by molar-refractivity contribution is 14.1. The van der Waals surface area contributed by atoms with E-state index in [1.165, 1.54) is 17.5 Å². The lowest BCUT2D eigenvalue weighted by molar-refractivity contribution is 0.0793. The molecule has 1 fully saturated rings. The number of hydrogen-bond acceptors (Lipinski definition) is 4. The average Bonchev–Trinajstić information content (AvgIpc) is 3.28. The third-order valence-corrected chi connectivity index (χ3v) is 7.63. The van der Waals surface area contributed by atoms with Gasteiger partial charge < -0.3 is 10.4 Å². The van der Waals surface area contributed by atoms with Gasteiger partial charge in [-0.25, -0.2) is 0 Å². The van der Waals surface area contributed by atoms with Crippen LogP contribution >= 0.6 is 34.2 Å². The summed E-state index contributed by atoms with van der Waals surface area (Å²) in [5.74, 6) is 0.359. The Hall–Kier alpha value is -1.65. The minimum atomic E-state index is -1.16. The first-order valence-corrected chi connectivity index (χ1v) is 12.6. The maximum Gasteiger partial charge on any atom is 0.277 e. The molecule has 0 spiro atoms. The number of carbonyl (C=O) groups excluding carboxylic acids is 1. The average molecular weight is 570 g/mol. The molecule has 1 amide bonds. The lowest BCUT2D eigenvalue weighted by Crippen LogP contribution is -2.22. The van der Waals surface area contributed by atoms with Crippen molar-refractivity contribution in [1.82, 2.24) is 19.6 Å². The Balaban J connectivity index is 1.65. The van der Waals surface area contributed by atoms with Gasteiger partial charge in [0.05, 0.1) is 22.2 Å². The number of hydrogen-bond donors (Lipinski definition) is 2. The van der Waals surface area contributed by atoms with Gasteiger partial charge in [-0.15, -0.1) is 0 Å². The van der Waals surface area contributed by atoms with Gasteiger partial charge >= 0.3 is 0 Å². The summed E-state index contributed by atoms with van der Waals surface area (Å²) in [6.45, 7) is 5.68. The van der Waals surface area contributed by atoms with Crippen molar-refractivity contribution in [2.45, 2.75) is 62.0 Å². The van der Waals surface area contributed by atoms with Gasteiger partial charge in [-0.1, -0.05) is 41.1 Å². The van der Waals surface area contributed by atoms with E-state index in [1.807, 2.05) is 18.3 Å². The first-order chi connectivity index (χ1) is 15.0. The van der Waals surface area contributed by atoms with Crippen LogP contribution in [0.3, 0.4) is 0 Å². The van der Waals surface area contributed by atoms with Crippen molar-refractivity contribution in [1.29, 1.82) is 0 Å². The fourth-order valence-corrected chi connectivity index (χ4v) is 5.49. The third-order valence-electron chi connectivity index (χ3n) is 6.33. The van der Waals surface area contributed by atoms with E-state index >= 15 is 0 Å². The number of aromatic nitrogens is 4. The maximum absolute atomic E-state index is 12.8. The molecule has 7 nitrogen and oxygen atoms in total. The first-order valence-electron chi connectivity index (χ1n) is 10.9. The van der Waals surface area contributed by atoms with E-state index in [2.05, 4.69) is 44.6 Å². The molecule has 1 unspecified atom stereocenters. The number of aryl methyl sites for hydroxylation is 1. The Morgan fingerprint density at radius 1 is 1.25 bits per heavy atom. The summed E-state index contributed by atoms with van der Waals surface area (Å²) in [6.07, 6.45) is 8.29. The molecular weight excluding hydrogens is 541 g/mol. The van der Waals surface area contributed by atoms with Gasteiger partial charge in [0, 0.05) is 40.0 Å². The smallest absolute Gasteiger partial charge is 0.277 e. The predicted octanol–water partition coefficient (Wildman–Crippen LogP) is 5.46. The molecule has 2 aromatic heterocycles. The Morgan fingerprint density at radius 2 is 1.94 bits per heavy atom. The van der Waals surface area contributed by atoms with Crippen molar-refractivity contribution in [3.05, 3.63) is 40.8 Å². The zero-order valence-electron chi connectivity index (χ0n) is 18.8. The Kier molecular flexibility index (Phi) is 6.57. The molecule has 9 heteroatoms. The molecule has 0 saturated heterocycles. The van der Waals surface area contributed by atoms with Crippen LogP contribution in [0.25, 0.3) is 10.9 Å². The van der Waals surface area contributed by atoms with E-state index in [4.69, 9.17) is 16.7 Å². The highest BCUT2D eigenvalue weighted by atomic mass is 127. The minimum absolute atomic E-state index is 0.146. The molecule has 4 rings (SSSR count). The third kappa shape index (κ3) is 4.82. The van der Waals surface area contributed by atoms with E-state index in [1.54, 1.807) is 27.1 Å². The lowest BCUT2D eigenvalue weighted by atomic mass is 9.84. The molecule has 172 valence electrons. The number of amides is 1. The molecular formula is C23H29ClIN5O2. The Bertz CT molecular complexity index is 1140. The molecule has 1 aromatic carbocycles. The van der Waals surface area contributed by atoms with Gasteiger partial charge in [-0.05, 0) is 57.6 Å². The van der Waals surface area contributed by atoms with Gasteiger partial charge in [0.1, 0.15) is 0 Å². The number of fused-ring (bicyclic) bond motifs is 1. The number of rotatable bonds is 5. The van der Waals surface area contributed by atoms with Crippen molar-refractivity contribution in [2.24, 2.45) is 13.0 Å². The molecule has 1 aliphatic rings. The van der Waals surface area contributed by atoms with Crippen LogP contribution in [0, 0.1) is 5.92 Å². The van der Waals surface area contributed by atoms with Crippen LogP contribution in [0.4, 0.5) is 5.69 Å². The summed E-state index contributed by atoms with van der Waals surface area (Å²) < 4.78 is 4.25. The monoisotopic (exact) mass is 569 g/mol. The second kappa shape index (κ2) is 8.95. The fraction of sp³-hybridized carbons (Fsp3) is 0.522. The molecule has 1 saturated carbocycles. The van der Waals surface area contributed by atoms with Crippen LogP contribution in [-0.4, -0.2) is 34.5 Å². The topological polar surface area (TPSA) is 85.0 Å². The van der Waals surface area contributed by atoms with Crippen molar-refractivity contribution >= 4 is 56.7 Å². The summed E-state index contributed by atoms with van der Waals surface area (Å²) in [7, 11) is 1.71. The van der Waals surface area contributed by atoms with Crippen molar-refractivity contribution in [2.75, 3.05) is 5.32 Å². The molecule has 3 aromatic rings. The van der Waals surface area contributed by atoms with Gasteiger partial charge in [-0.2, -0.15) is 10.2 Å². The summed E-state index contributed by atoms with van der Waals surface area (Å²) in [5, 5.41) is 23.8. The van der Waals surface area contributed by atoms with Crippen molar-refractivity contribution in [3.63, 3.8) is 0 Å². The number of benzene rings is 1. The molecule has 1 atom stereocenters. The number of aliphatic hydroxyl groups is 1. The zero-order chi connectivity index (χ0) is 23.2. The van der Waals surface area contributed by atoms with E-state index in [-0.39, 0.29) is 10.7 Å². The molecule has 32 heavy (non-hydrogen) atoms.